The first-order valence-electron chi connectivity index (χ1n) is 11.2. The Bertz CT molecular complexity index is 1070. The fraction of sp³-hybridized carbons (Fsp3) is 0.423. The summed E-state index contributed by atoms with van der Waals surface area (Å²) in [5.41, 5.74) is -0.830. The number of rotatable bonds is 12. The smallest absolute Gasteiger partial charge is 0.351 e. The van der Waals surface area contributed by atoms with Gasteiger partial charge < -0.3 is 14.3 Å². The molecule has 1 atom stereocenters. The third-order valence-electron chi connectivity index (χ3n) is 5.28. The Hall–Kier alpha value is -2.93. The fourth-order valence-corrected chi connectivity index (χ4v) is 4.31. The first-order chi connectivity index (χ1) is 15.8. The van der Waals surface area contributed by atoms with Gasteiger partial charge in [-0.1, -0.05) is 32.4 Å². The van der Waals surface area contributed by atoms with Crippen molar-refractivity contribution in [3.63, 3.8) is 0 Å². The molecule has 178 valence electrons. The zero-order valence-electron chi connectivity index (χ0n) is 19.7. The van der Waals surface area contributed by atoms with Crippen LogP contribution in [0.4, 0.5) is 0 Å². The Morgan fingerprint density at radius 1 is 1.27 bits per heavy atom. The number of Topliss-reactive ketones (excluding diaryl/α,β-unsaturated/α-hetero) is 1. The molecule has 1 unspecified atom stereocenters. The van der Waals surface area contributed by atoms with Crippen LogP contribution in [0.2, 0.25) is 0 Å². The number of carbonyl (C=O) groups is 2. The zero-order chi connectivity index (χ0) is 24.4. The van der Waals surface area contributed by atoms with Gasteiger partial charge in [-0.3, -0.25) is 9.59 Å². The number of hydrogen-bond acceptors (Lipinski definition) is 7. The Morgan fingerprint density at radius 3 is 2.70 bits per heavy atom. The summed E-state index contributed by atoms with van der Waals surface area (Å²) >= 11 is 1.62. The van der Waals surface area contributed by atoms with Crippen LogP contribution >= 0.6 is 11.3 Å². The van der Waals surface area contributed by atoms with Crippen LogP contribution in [0.25, 0.3) is 6.08 Å². The highest BCUT2D eigenvalue weighted by atomic mass is 32.1. The second-order valence-corrected chi connectivity index (χ2v) is 9.19. The molecule has 0 saturated heterocycles. The molecule has 0 radical (unpaired) electrons. The number of aromatic hydroxyl groups is 1. The predicted octanol–water partition coefficient (Wildman–Crippen LogP) is 6.04. The molecule has 0 aromatic carbocycles. The summed E-state index contributed by atoms with van der Waals surface area (Å²) in [6.45, 7) is 5.64. The lowest BCUT2D eigenvalue weighted by Gasteiger charge is -2.11. The topological polar surface area (TPSA) is 93.8 Å². The minimum atomic E-state index is -0.842. The first kappa shape index (κ1) is 26.3. The van der Waals surface area contributed by atoms with Crippen molar-refractivity contribution in [2.45, 2.75) is 65.2 Å². The van der Waals surface area contributed by atoms with Gasteiger partial charge in [-0.15, -0.1) is 11.3 Å². The van der Waals surface area contributed by atoms with Crippen molar-refractivity contribution in [1.82, 2.24) is 0 Å². The zero-order valence-corrected chi connectivity index (χ0v) is 20.5. The number of hydrogen-bond donors (Lipinski definition) is 1. The van der Waals surface area contributed by atoms with E-state index in [1.165, 1.54) is 18.1 Å². The molecule has 0 aliphatic carbocycles. The van der Waals surface area contributed by atoms with E-state index >= 15 is 0 Å². The second kappa shape index (κ2) is 12.9. The average Bonchev–Trinajstić information content (AvgIpc) is 3.23. The average molecular weight is 473 g/mol. The molecule has 2 heterocycles. The van der Waals surface area contributed by atoms with E-state index in [0.717, 1.165) is 24.1 Å². The number of carbonyl (C=O) groups excluding carboxylic acids is 2. The molecule has 2 aromatic heterocycles. The molecule has 0 fully saturated rings. The molecule has 0 aliphatic rings. The van der Waals surface area contributed by atoms with E-state index in [-0.39, 0.29) is 29.6 Å². The van der Waals surface area contributed by atoms with Crippen LogP contribution in [0.1, 0.15) is 84.7 Å². The van der Waals surface area contributed by atoms with Gasteiger partial charge in [0.1, 0.15) is 17.1 Å². The molecule has 0 aliphatic heterocycles. The molecule has 6 nitrogen and oxygen atoms in total. The summed E-state index contributed by atoms with van der Waals surface area (Å²) in [4.78, 5) is 38.7. The SMILES string of the molecule is CCCCc1ccc(C=C(C)C(=O)c2c(O)cc(C(C)CC/C=C/CC(=O)OC)oc2=O)s1. The van der Waals surface area contributed by atoms with Gasteiger partial charge in [-0.25, -0.2) is 4.79 Å². The quantitative estimate of drug-likeness (QED) is 0.175. The second-order valence-electron chi connectivity index (χ2n) is 7.99. The maximum absolute atomic E-state index is 12.8. The van der Waals surface area contributed by atoms with Crippen molar-refractivity contribution in [3.05, 3.63) is 67.4 Å². The van der Waals surface area contributed by atoms with Crippen LogP contribution < -0.4 is 5.63 Å². The van der Waals surface area contributed by atoms with Crippen LogP contribution in [-0.4, -0.2) is 24.0 Å². The summed E-state index contributed by atoms with van der Waals surface area (Å²) in [7, 11) is 1.34. The Kier molecular flexibility index (Phi) is 10.3. The van der Waals surface area contributed by atoms with E-state index in [1.807, 2.05) is 19.1 Å². The number of esters is 1. The highest BCUT2D eigenvalue weighted by molar-refractivity contribution is 7.12. The van der Waals surface area contributed by atoms with E-state index in [0.29, 0.717) is 24.2 Å². The lowest BCUT2D eigenvalue weighted by molar-refractivity contribution is -0.139. The third-order valence-corrected chi connectivity index (χ3v) is 6.38. The van der Waals surface area contributed by atoms with Crippen molar-refractivity contribution in [1.29, 1.82) is 0 Å². The van der Waals surface area contributed by atoms with Crippen molar-refractivity contribution in [3.8, 4) is 5.75 Å². The molecule has 2 rings (SSSR count). The number of methoxy groups -OCH3 is 1. The fourth-order valence-electron chi connectivity index (χ4n) is 3.25. The van der Waals surface area contributed by atoms with Gasteiger partial charge in [0.2, 0.25) is 0 Å². The van der Waals surface area contributed by atoms with Crippen molar-refractivity contribution in [2.75, 3.05) is 7.11 Å². The maximum atomic E-state index is 12.8. The largest absolute Gasteiger partial charge is 0.507 e. The number of ether oxygens (including phenoxy) is 1. The van der Waals surface area contributed by atoms with Crippen molar-refractivity contribution in [2.24, 2.45) is 0 Å². The van der Waals surface area contributed by atoms with E-state index < -0.39 is 11.4 Å². The molecule has 1 N–H and O–H groups in total. The Morgan fingerprint density at radius 2 is 2.03 bits per heavy atom. The number of allylic oxidation sites excluding steroid dienone is 2. The molecule has 0 amide bonds. The predicted molar refractivity (Wildman–Crippen MR) is 131 cm³/mol. The lowest BCUT2D eigenvalue weighted by atomic mass is 9.99. The third kappa shape index (κ3) is 7.86. The molecule has 2 aromatic rings. The first-order valence-corrected chi connectivity index (χ1v) is 12.0. The molecule has 0 bridgehead atoms. The summed E-state index contributed by atoms with van der Waals surface area (Å²) < 4.78 is 9.94. The summed E-state index contributed by atoms with van der Waals surface area (Å²) in [5, 5.41) is 10.4. The van der Waals surface area contributed by atoms with Gasteiger partial charge in [0.15, 0.2) is 5.78 Å². The number of ketones is 1. The molecule has 0 spiro atoms. The minimum absolute atomic E-state index is 0.153. The van der Waals surface area contributed by atoms with Crippen LogP contribution in [0.5, 0.6) is 5.75 Å². The number of aryl methyl sites for hydroxylation is 1. The standard InChI is InChI=1S/C26H32O6S/c1-5-6-11-19-13-14-20(33-19)15-18(3)25(29)24-21(27)16-22(32-26(24)30)17(2)10-8-7-9-12-23(28)31-4/h7,9,13-17,27H,5-6,8,10-12H2,1-4H3/b9-7+,18-15?. The van der Waals surface area contributed by atoms with Crippen LogP contribution in [0.3, 0.4) is 0 Å². The highest BCUT2D eigenvalue weighted by Crippen LogP contribution is 2.27. The lowest BCUT2D eigenvalue weighted by Crippen LogP contribution is -2.16. The van der Waals surface area contributed by atoms with Crippen LogP contribution in [-0.2, 0) is 16.0 Å². The van der Waals surface area contributed by atoms with Crippen LogP contribution in [0.15, 0.2) is 45.1 Å². The molecule has 33 heavy (non-hydrogen) atoms. The molecule has 0 saturated carbocycles. The van der Waals surface area contributed by atoms with Gasteiger partial charge >= 0.3 is 11.6 Å². The monoisotopic (exact) mass is 472 g/mol. The molecular weight excluding hydrogens is 440 g/mol. The highest BCUT2D eigenvalue weighted by Gasteiger charge is 2.22. The molecule has 7 heteroatoms. The Balaban J connectivity index is 2.09. The van der Waals surface area contributed by atoms with Gasteiger partial charge in [-0.2, -0.15) is 0 Å². The van der Waals surface area contributed by atoms with E-state index in [2.05, 4.69) is 17.7 Å². The number of thiophene rings is 1. The van der Waals surface area contributed by atoms with Gasteiger partial charge in [0.05, 0.1) is 13.5 Å². The van der Waals surface area contributed by atoms with E-state index in [4.69, 9.17) is 4.42 Å². The number of unbranched alkanes of at least 4 members (excludes halogenated alkanes) is 1. The maximum Gasteiger partial charge on any atom is 0.351 e. The van der Waals surface area contributed by atoms with Crippen molar-refractivity contribution < 1.29 is 23.8 Å². The minimum Gasteiger partial charge on any atom is -0.507 e. The summed E-state index contributed by atoms with van der Waals surface area (Å²) in [5.74, 6) is -1.07. The Labute approximate surface area is 198 Å². The van der Waals surface area contributed by atoms with Crippen molar-refractivity contribution >= 4 is 29.2 Å². The van der Waals surface area contributed by atoms with Gasteiger partial charge in [0, 0.05) is 21.7 Å². The van der Waals surface area contributed by atoms with Crippen LogP contribution in [0, 0.1) is 0 Å². The van der Waals surface area contributed by atoms with Gasteiger partial charge in [-0.05, 0) is 56.4 Å². The summed E-state index contributed by atoms with van der Waals surface area (Å²) in [6.07, 6.45) is 10.1. The van der Waals surface area contributed by atoms with Gasteiger partial charge in [0.25, 0.3) is 0 Å². The molecular formula is C26H32O6S. The van der Waals surface area contributed by atoms with E-state index in [1.54, 1.807) is 30.4 Å². The summed E-state index contributed by atoms with van der Waals surface area (Å²) in [6, 6.07) is 5.36. The van der Waals surface area contributed by atoms with E-state index in [9.17, 15) is 19.5 Å². The normalized spacial score (nSPS) is 12.8.